The summed E-state index contributed by atoms with van der Waals surface area (Å²) in [6.07, 6.45) is -0.520. The lowest BCUT2D eigenvalue weighted by Crippen LogP contribution is -2.39. The SMILES string of the molecule is CC(=O)NOC(C)(C)OCCNC(=O)OCc1ccccc1. The minimum Gasteiger partial charge on any atom is -0.445 e. The van der Waals surface area contributed by atoms with E-state index in [0.29, 0.717) is 0 Å². The van der Waals surface area contributed by atoms with Crippen LogP contribution in [-0.2, 0) is 25.7 Å². The molecule has 2 N–H and O–H groups in total. The van der Waals surface area contributed by atoms with E-state index in [1.165, 1.54) is 6.92 Å². The summed E-state index contributed by atoms with van der Waals surface area (Å²) in [6.45, 7) is 5.33. The van der Waals surface area contributed by atoms with Crippen molar-refractivity contribution in [2.24, 2.45) is 0 Å². The molecule has 7 nitrogen and oxygen atoms in total. The number of hydrogen-bond acceptors (Lipinski definition) is 5. The Labute approximate surface area is 129 Å². The van der Waals surface area contributed by atoms with E-state index in [9.17, 15) is 9.59 Å². The van der Waals surface area contributed by atoms with Gasteiger partial charge in [0.15, 0.2) is 5.79 Å². The Morgan fingerprint density at radius 3 is 2.50 bits per heavy atom. The molecule has 0 radical (unpaired) electrons. The summed E-state index contributed by atoms with van der Waals surface area (Å²) in [5.41, 5.74) is 3.11. The van der Waals surface area contributed by atoms with Crippen molar-refractivity contribution in [2.45, 2.75) is 33.2 Å². The molecule has 0 fully saturated rings. The molecule has 22 heavy (non-hydrogen) atoms. The molecule has 0 aliphatic rings. The normalized spacial score (nSPS) is 10.9. The average Bonchev–Trinajstić information content (AvgIpc) is 2.49. The fourth-order valence-corrected chi connectivity index (χ4v) is 1.45. The van der Waals surface area contributed by atoms with Crippen LogP contribution in [0.2, 0.25) is 0 Å². The van der Waals surface area contributed by atoms with Crippen LogP contribution in [0.15, 0.2) is 30.3 Å². The molecule has 0 aliphatic heterocycles. The molecule has 0 saturated carbocycles. The molecular formula is C15H22N2O5. The van der Waals surface area contributed by atoms with Gasteiger partial charge in [-0.1, -0.05) is 30.3 Å². The number of carbonyl (C=O) groups is 2. The summed E-state index contributed by atoms with van der Waals surface area (Å²) in [5, 5.41) is 2.56. The predicted molar refractivity (Wildman–Crippen MR) is 79.6 cm³/mol. The van der Waals surface area contributed by atoms with Gasteiger partial charge in [-0.2, -0.15) is 0 Å². The molecule has 1 rings (SSSR count). The van der Waals surface area contributed by atoms with Gasteiger partial charge in [-0.15, -0.1) is 0 Å². The Hall–Kier alpha value is -2.12. The predicted octanol–water partition coefficient (Wildman–Crippen LogP) is 1.73. The summed E-state index contributed by atoms with van der Waals surface area (Å²) >= 11 is 0. The maximum Gasteiger partial charge on any atom is 0.407 e. The van der Waals surface area contributed by atoms with E-state index in [-0.39, 0.29) is 25.7 Å². The number of amides is 2. The summed E-state index contributed by atoms with van der Waals surface area (Å²) in [7, 11) is 0. The highest BCUT2D eigenvalue weighted by Gasteiger charge is 2.20. The second-order valence-corrected chi connectivity index (χ2v) is 5.00. The molecule has 2 amide bonds. The lowest BCUT2D eigenvalue weighted by Gasteiger charge is -2.24. The molecule has 0 spiro atoms. The fraction of sp³-hybridized carbons (Fsp3) is 0.467. The van der Waals surface area contributed by atoms with Gasteiger partial charge in [-0.25, -0.2) is 15.1 Å². The van der Waals surface area contributed by atoms with Gasteiger partial charge >= 0.3 is 6.09 Å². The van der Waals surface area contributed by atoms with Crippen LogP contribution in [0.1, 0.15) is 26.3 Å². The third-order valence-corrected chi connectivity index (χ3v) is 2.47. The number of rotatable bonds is 8. The number of carbonyl (C=O) groups excluding carboxylic acids is 2. The monoisotopic (exact) mass is 310 g/mol. The molecule has 0 bridgehead atoms. The van der Waals surface area contributed by atoms with Crippen LogP contribution in [0, 0.1) is 0 Å². The van der Waals surface area contributed by atoms with Crippen molar-refractivity contribution >= 4 is 12.0 Å². The van der Waals surface area contributed by atoms with E-state index in [1.807, 2.05) is 30.3 Å². The topological polar surface area (TPSA) is 85.9 Å². The number of benzene rings is 1. The third-order valence-electron chi connectivity index (χ3n) is 2.47. The zero-order valence-electron chi connectivity index (χ0n) is 13.0. The molecule has 122 valence electrons. The van der Waals surface area contributed by atoms with E-state index in [4.69, 9.17) is 14.3 Å². The third kappa shape index (κ3) is 8.23. The van der Waals surface area contributed by atoms with Gasteiger partial charge in [-0.05, 0) is 19.4 Å². The van der Waals surface area contributed by atoms with Gasteiger partial charge < -0.3 is 14.8 Å². The second kappa shape index (κ2) is 9.01. The molecule has 0 aromatic heterocycles. The van der Waals surface area contributed by atoms with Crippen molar-refractivity contribution < 1.29 is 23.9 Å². The molecule has 0 heterocycles. The maximum absolute atomic E-state index is 11.5. The van der Waals surface area contributed by atoms with E-state index < -0.39 is 11.9 Å². The largest absolute Gasteiger partial charge is 0.445 e. The highest BCUT2D eigenvalue weighted by molar-refractivity contribution is 5.71. The smallest absolute Gasteiger partial charge is 0.407 e. The molecule has 7 heteroatoms. The molecule has 0 aliphatic carbocycles. The average molecular weight is 310 g/mol. The first-order valence-electron chi connectivity index (χ1n) is 6.92. The van der Waals surface area contributed by atoms with Crippen molar-refractivity contribution in [3.63, 3.8) is 0 Å². The number of hydroxylamine groups is 1. The maximum atomic E-state index is 11.5. The van der Waals surface area contributed by atoms with E-state index in [2.05, 4.69) is 10.8 Å². The first kappa shape index (κ1) is 17.9. The Balaban J connectivity index is 2.13. The lowest BCUT2D eigenvalue weighted by atomic mass is 10.2. The van der Waals surface area contributed by atoms with Crippen LogP contribution in [0.25, 0.3) is 0 Å². The minimum absolute atomic E-state index is 0.213. The van der Waals surface area contributed by atoms with Crippen molar-refractivity contribution in [1.82, 2.24) is 10.8 Å². The zero-order chi connectivity index (χ0) is 16.4. The second-order valence-electron chi connectivity index (χ2n) is 5.00. The van der Waals surface area contributed by atoms with Crippen LogP contribution >= 0.6 is 0 Å². The van der Waals surface area contributed by atoms with E-state index in [1.54, 1.807) is 13.8 Å². The van der Waals surface area contributed by atoms with Crippen LogP contribution in [0.3, 0.4) is 0 Å². The molecule has 0 saturated heterocycles. The van der Waals surface area contributed by atoms with Gasteiger partial charge in [0.05, 0.1) is 6.61 Å². The highest BCUT2D eigenvalue weighted by atomic mass is 16.8. The lowest BCUT2D eigenvalue weighted by molar-refractivity contribution is -0.242. The Bertz CT molecular complexity index is 476. The summed E-state index contributed by atoms with van der Waals surface area (Å²) in [5.74, 6) is -1.30. The quantitative estimate of drug-likeness (QED) is 0.434. The zero-order valence-corrected chi connectivity index (χ0v) is 13.0. The Kier molecular flexibility index (Phi) is 7.34. The minimum atomic E-state index is -0.985. The Morgan fingerprint density at radius 2 is 1.86 bits per heavy atom. The highest BCUT2D eigenvalue weighted by Crippen LogP contribution is 2.08. The first-order chi connectivity index (χ1) is 10.4. The first-order valence-corrected chi connectivity index (χ1v) is 6.92. The van der Waals surface area contributed by atoms with Gasteiger partial charge in [0, 0.05) is 13.5 Å². The van der Waals surface area contributed by atoms with Crippen molar-refractivity contribution in [3.05, 3.63) is 35.9 Å². The summed E-state index contributed by atoms with van der Waals surface area (Å²) in [6, 6.07) is 9.39. The molecule has 1 aromatic carbocycles. The molecule has 1 aromatic rings. The van der Waals surface area contributed by atoms with Gasteiger partial charge in [-0.3, -0.25) is 4.79 Å². The van der Waals surface area contributed by atoms with Crippen LogP contribution < -0.4 is 10.8 Å². The van der Waals surface area contributed by atoms with Gasteiger partial charge in [0.1, 0.15) is 6.61 Å². The number of hydrogen-bond donors (Lipinski definition) is 2. The summed E-state index contributed by atoms with van der Waals surface area (Å²) in [4.78, 5) is 27.2. The van der Waals surface area contributed by atoms with Crippen molar-refractivity contribution in [1.29, 1.82) is 0 Å². The Morgan fingerprint density at radius 1 is 1.18 bits per heavy atom. The summed E-state index contributed by atoms with van der Waals surface area (Å²) < 4.78 is 10.4. The fourth-order valence-electron chi connectivity index (χ4n) is 1.45. The van der Waals surface area contributed by atoms with Crippen LogP contribution in [0.4, 0.5) is 4.79 Å². The van der Waals surface area contributed by atoms with Crippen LogP contribution in [-0.4, -0.2) is 30.9 Å². The van der Waals surface area contributed by atoms with Gasteiger partial charge in [0.2, 0.25) is 5.91 Å². The number of nitrogens with one attached hydrogen (secondary N) is 2. The van der Waals surface area contributed by atoms with Gasteiger partial charge in [0.25, 0.3) is 0 Å². The van der Waals surface area contributed by atoms with E-state index >= 15 is 0 Å². The molecular weight excluding hydrogens is 288 g/mol. The number of ether oxygens (including phenoxy) is 2. The van der Waals surface area contributed by atoms with Crippen molar-refractivity contribution in [3.8, 4) is 0 Å². The van der Waals surface area contributed by atoms with E-state index in [0.717, 1.165) is 5.56 Å². The molecule has 0 unspecified atom stereocenters. The van der Waals surface area contributed by atoms with Crippen LogP contribution in [0.5, 0.6) is 0 Å². The standard InChI is InChI=1S/C15H22N2O5/c1-12(18)17-22-15(2,3)21-10-9-16-14(19)20-11-13-7-5-4-6-8-13/h4-8H,9-11H2,1-3H3,(H,16,19)(H,17,18). The van der Waals surface area contributed by atoms with Crippen molar-refractivity contribution in [2.75, 3.05) is 13.2 Å². The number of alkyl carbamates (subject to hydrolysis) is 1. The molecule has 0 atom stereocenters.